The Morgan fingerprint density at radius 2 is 2.21 bits per heavy atom. The summed E-state index contributed by atoms with van der Waals surface area (Å²) in [5.41, 5.74) is 8.94. The molecule has 0 saturated heterocycles. The number of hydrogen-bond acceptors (Lipinski definition) is 4. The molecule has 4 nitrogen and oxygen atoms in total. The Balaban J connectivity index is 2.14. The first-order valence-corrected chi connectivity index (χ1v) is 6.80. The smallest absolute Gasteiger partial charge is 0.257 e. The summed E-state index contributed by atoms with van der Waals surface area (Å²) in [5.74, 6) is 0.264. The Bertz CT molecular complexity index is 593. The predicted molar refractivity (Wildman–Crippen MR) is 77.6 cm³/mol. The van der Waals surface area contributed by atoms with E-state index in [4.69, 9.17) is 10.5 Å². The summed E-state index contributed by atoms with van der Waals surface area (Å²) in [5, 5.41) is 6.95. The van der Waals surface area contributed by atoms with E-state index in [1.165, 1.54) is 12.7 Å². The number of nitrogens with one attached hydrogen (secondary N) is 1. The Kier molecular flexibility index (Phi) is 4.06. The van der Waals surface area contributed by atoms with Crippen molar-refractivity contribution >= 4 is 22.9 Å². The van der Waals surface area contributed by atoms with Gasteiger partial charge in [-0.2, -0.15) is 11.3 Å². The molecule has 0 radical (unpaired) electrons. The Morgan fingerprint density at radius 1 is 1.42 bits per heavy atom. The lowest BCUT2D eigenvalue weighted by Gasteiger charge is -2.11. The van der Waals surface area contributed by atoms with E-state index in [1.54, 1.807) is 29.5 Å². The monoisotopic (exact) mass is 276 g/mol. The zero-order valence-corrected chi connectivity index (χ0v) is 11.7. The number of nitrogens with two attached hydrogens (primary N) is 1. The first-order valence-electron chi connectivity index (χ1n) is 5.86. The van der Waals surface area contributed by atoms with Crippen LogP contribution in [0.4, 0.5) is 5.69 Å². The number of anilines is 1. The third-order valence-corrected chi connectivity index (χ3v) is 3.82. The molecule has 0 bridgehead atoms. The van der Waals surface area contributed by atoms with Crippen molar-refractivity contribution in [2.24, 2.45) is 0 Å². The Labute approximate surface area is 116 Å². The van der Waals surface area contributed by atoms with Gasteiger partial charge in [-0.15, -0.1) is 0 Å². The average Bonchev–Trinajstić information content (AvgIpc) is 2.81. The van der Waals surface area contributed by atoms with Gasteiger partial charge >= 0.3 is 0 Å². The Hall–Kier alpha value is -2.01. The maximum atomic E-state index is 12.2. The molecule has 0 aliphatic heterocycles. The summed E-state index contributed by atoms with van der Waals surface area (Å²) in [6, 6.07) is 5.17. The van der Waals surface area contributed by atoms with Crippen molar-refractivity contribution in [3.05, 3.63) is 45.6 Å². The molecular formula is C14H16N2O2S. The average molecular weight is 276 g/mol. The van der Waals surface area contributed by atoms with Crippen LogP contribution in [0.15, 0.2) is 29.0 Å². The summed E-state index contributed by atoms with van der Waals surface area (Å²) >= 11 is 1.62. The van der Waals surface area contributed by atoms with Crippen LogP contribution in [0.25, 0.3) is 0 Å². The highest BCUT2D eigenvalue weighted by Gasteiger charge is 2.15. The zero-order valence-electron chi connectivity index (χ0n) is 10.9. The van der Waals surface area contributed by atoms with Crippen molar-refractivity contribution in [3.8, 4) is 5.75 Å². The predicted octanol–water partition coefficient (Wildman–Crippen LogP) is 2.58. The number of amides is 1. The van der Waals surface area contributed by atoms with Gasteiger partial charge in [-0.25, -0.2) is 0 Å². The van der Waals surface area contributed by atoms with Gasteiger partial charge in [0.2, 0.25) is 0 Å². The maximum absolute atomic E-state index is 12.2. The molecule has 0 aliphatic rings. The molecule has 100 valence electrons. The fourth-order valence-electron chi connectivity index (χ4n) is 1.79. The first kappa shape index (κ1) is 13.4. The summed E-state index contributed by atoms with van der Waals surface area (Å²) < 4.78 is 5.17. The molecular weight excluding hydrogens is 260 g/mol. The van der Waals surface area contributed by atoms with Crippen LogP contribution >= 0.6 is 11.3 Å². The van der Waals surface area contributed by atoms with Gasteiger partial charge in [0.1, 0.15) is 11.3 Å². The molecule has 2 aromatic rings. The molecule has 1 aromatic carbocycles. The number of methoxy groups -OCH3 is 1. The summed E-state index contributed by atoms with van der Waals surface area (Å²) in [4.78, 5) is 12.2. The van der Waals surface area contributed by atoms with Gasteiger partial charge in [0.05, 0.1) is 7.11 Å². The third kappa shape index (κ3) is 2.88. The van der Waals surface area contributed by atoms with Crippen LogP contribution in [0.2, 0.25) is 0 Å². The molecule has 19 heavy (non-hydrogen) atoms. The molecule has 1 amide bonds. The summed E-state index contributed by atoms with van der Waals surface area (Å²) in [6.07, 6.45) is 0. The zero-order chi connectivity index (χ0) is 13.8. The second kappa shape index (κ2) is 5.75. The fourth-order valence-corrected chi connectivity index (χ4v) is 2.65. The van der Waals surface area contributed by atoms with Crippen LogP contribution in [0.1, 0.15) is 21.5 Å². The lowest BCUT2D eigenvalue weighted by molar-refractivity contribution is 0.0949. The van der Waals surface area contributed by atoms with Crippen molar-refractivity contribution in [2.45, 2.75) is 13.5 Å². The standard InChI is InChI=1S/C14H16N2O2S/c1-9-7-19-8-10(9)6-16-14(17)13-11(15)4-3-5-12(13)18-2/h3-5,7-8H,6,15H2,1-2H3,(H,16,17). The maximum Gasteiger partial charge on any atom is 0.257 e. The topological polar surface area (TPSA) is 64.3 Å². The van der Waals surface area contributed by atoms with Crippen LogP contribution in [0, 0.1) is 6.92 Å². The minimum absolute atomic E-state index is 0.222. The van der Waals surface area contributed by atoms with Gasteiger partial charge in [-0.1, -0.05) is 6.07 Å². The Morgan fingerprint density at radius 3 is 2.84 bits per heavy atom. The molecule has 1 aromatic heterocycles. The third-order valence-electron chi connectivity index (χ3n) is 2.91. The van der Waals surface area contributed by atoms with E-state index in [1.807, 2.05) is 12.3 Å². The van der Waals surface area contributed by atoms with Crippen molar-refractivity contribution in [3.63, 3.8) is 0 Å². The molecule has 3 N–H and O–H groups in total. The second-order valence-corrected chi connectivity index (χ2v) is 4.93. The molecule has 1 heterocycles. The van der Waals surface area contributed by atoms with Crippen molar-refractivity contribution in [1.82, 2.24) is 5.32 Å². The number of carbonyl (C=O) groups excluding carboxylic acids is 1. The highest BCUT2D eigenvalue weighted by atomic mass is 32.1. The molecule has 0 unspecified atom stereocenters. The summed E-state index contributed by atoms with van der Waals surface area (Å²) in [7, 11) is 1.52. The van der Waals surface area contributed by atoms with Crippen LogP contribution in [-0.2, 0) is 6.54 Å². The number of hydrogen-bond donors (Lipinski definition) is 2. The van der Waals surface area contributed by atoms with Gasteiger partial charge in [-0.3, -0.25) is 4.79 Å². The normalized spacial score (nSPS) is 10.2. The number of ether oxygens (including phenoxy) is 1. The van der Waals surface area contributed by atoms with Crippen molar-refractivity contribution in [2.75, 3.05) is 12.8 Å². The molecule has 0 saturated carbocycles. The molecule has 5 heteroatoms. The van der Waals surface area contributed by atoms with Crippen LogP contribution < -0.4 is 15.8 Å². The largest absolute Gasteiger partial charge is 0.496 e. The molecule has 0 aliphatic carbocycles. The van der Waals surface area contributed by atoms with Gasteiger partial charge in [0, 0.05) is 12.2 Å². The molecule has 0 atom stereocenters. The van der Waals surface area contributed by atoms with E-state index < -0.39 is 0 Å². The number of benzene rings is 1. The first-order chi connectivity index (χ1) is 9.13. The van der Waals surface area contributed by atoms with Crippen LogP contribution in [0.3, 0.4) is 0 Å². The highest BCUT2D eigenvalue weighted by Crippen LogP contribution is 2.24. The number of thiophene rings is 1. The quantitative estimate of drug-likeness (QED) is 0.844. The van der Waals surface area contributed by atoms with Crippen LogP contribution in [-0.4, -0.2) is 13.0 Å². The lowest BCUT2D eigenvalue weighted by atomic mass is 10.1. The molecule has 2 rings (SSSR count). The van der Waals surface area contributed by atoms with Gasteiger partial charge < -0.3 is 15.8 Å². The van der Waals surface area contributed by atoms with E-state index in [-0.39, 0.29) is 5.91 Å². The van der Waals surface area contributed by atoms with Gasteiger partial charge in [-0.05, 0) is 40.9 Å². The number of aryl methyl sites for hydroxylation is 1. The van der Waals surface area contributed by atoms with E-state index in [9.17, 15) is 4.79 Å². The second-order valence-electron chi connectivity index (χ2n) is 4.19. The van der Waals surface area contributed by atoms with Crippen molar-refractivity contribution < 1.29 is 9.53 Å². The van der Waals surface area contributed by atoms with E-state index in [0.29, 0.717) is 23.5 Å². The van der Waals surface area contributed by atoms with Crippen LogP contribution in [0.5, 0.6) is 5.75 Å². The van der Waals surface area contributed by atoms with Gasteiger partial charge in [0.25, 0.3) is 5.91 Å². The van der Waals surface area contributed by atoms with Gasteiger partial charge in [0.15, 0.2) is 0 Å². The van der Waals surface area contributed by atoms with Crippen molar-refractivity contribution in [1.29, 1.82) is 0 Å². The lowest BCUT2D eigenvalue weighted by Crippen LogP contribution is -2.24. The van der Waals surface area contributed by atoms with E-state index >= 15 is 0 Å². The highest BCUT2D eigenvalue weighted by molar-refractivity contribution is 7.08. The fraction of sp³-hybridized carbons (Fsp3) is 0.214. The number of carbonyl (C=O) groups is 1. The summed E-state index contributed by atoms with van der Waals surface area (Å²) in [6.45, 7) is 2.51. The molecule has 0 spiro atoms. The molecule has 0 fully saturated rings. The van der Waals surface area contributed by atoms with E-state index in [0.717, 1.165) is 5.56 Å². The van der Waals surface area contributed by atoms with E-state index in [2.05, 4.69) is 10.7 Å². The minimum Gasteiger partial charge on any atom is -0.496 e. The SMILES string of the molecule is COc1cccc(N)c1C(=O)NCc1cscc1C. The number of rotatable bonds is 4. The minimum atomic E-state index is -0.222. The number of nitrogen functional groups attached to an aromatic ring is 1.